The first kappa shape index (κ1) is 10.2. The highest BCUT2D eigenvalue weighted by atomic mass is 15.1. The first-order valence-electron chi connectivity index (χ1n) is 6.58. The molecule has 0 bridgehead atoms. The van der Waals surface area contributed by atoms with Crippen molar-refractivity contribution < 1.29 is 0 Å². The van der Waals surface area contributed by atoms with Gasteiger partial charge in [0.15, 0.2) is 0 Å². The maximum atomic E-state index is 2.48. The van der Waals surface area contributed by atoms with E-state index in [9.17, 15) is 0 Å². The number of fused-ring (bicyclic) bond motifs is 1. The molecule has 0 unspecified atom stereocenters. The number of hydrogen-bond donors (Lipinski definition) is 0. The van der Waals surface area contributed by atoms with E-state index in [4.69, 9.17) is 0 Å². The van der Waals surface area contributed by atoms with Gasteiger partial charge in [-0.05, 0) is 36.3 Å². The molecule has 1 spiro atoms. The van der Waals surface area contributed by atoms with E-state index in [1.807, 2.05) is 0 Å². The van der Waals surface area contributed by atoms with Crippen LogP contribution in [0.5, 0.6) is 0 Å². The molecule has 1 aliphatic carbocycles. The van der Waals surface area contributed by atoms with Gasteiger partial charge in [-0.2, -0.15) is 0 Å². The van der Waals surface area contributed by atoms with Crippen LogP contribution in [0.3, 0.4) is 0 Å². The van der Waals surface area contributed by atoms with Crippen LogP contribution in [0.2, 0.25) is 0 Å². The maximum Gasteiger partial charge on any atom is 0.0396 e. The molecule has 0 saturated heterocycles. The number of nitrogens with zero attached hydrogens (tertiary/aromatic N) is 1. The van der Waals surface area contributed by atoms with Gasteiger partial charge in [-0.15, -0.1) is 0 Å². The Bertz CT molecular complexity index is 377. The molecule has 1 fully saturated rings. The van der Waals surface area contributed by atoms with Crippen molar-refractivity contribution in [1.29, 1.82) is 0 Å². The Morgan fingerprint density at radius 1 is 1.06 bits per heavy atom. The van der Waals surface area contributed by atoms with Gasteiger partial charge in [0.2, 0.25) is 0 Å². The van der Waals surface area contributed by atoms with Crippen molar-refractivity contribution in [2.75, 3.05) is 18.5 Å². The second kappa shape index (κ2) is 3.80. The minimum atomic E-state index is 0.599. The van der Waals surface area contributed by atoms with Gasteiger partial charge in [-0.1, -0.05) is 37.5 Å². The molecule has 1 aromatic rings. The number of para-hydroxylation sites is 1. The average molecular weight is 215 g/mol. The first-order chi connectivity index (χ1) is 7.79. The Hall–Kier alpha value is -0.980. The fraction of sp³-hybridized carbons (Fsp3) is 0.600. The third-order valence-corrected chi connectivity index (χ3v) is 4.46. The number of rotatable bonds is 0. The van der Waals surface area contributed by atoms with Crippen molar-refractivity contribution >= 4 is 5.69 Å². The molecule has 1 heterocycles. The zero-order valence-corrected chi connectivity index (χ0v) is 10.2. The molecule has 0 aromatic heterocycles. The number of benzene rings is 1. The summed E-state index contributed by atoms with van der Waals surface area (Å²) >= 11 is 0. The molecular formula is C15H21N. The van der Waals surface area contributed by atoms with Gasteiger partial charge in [0.1, 0.15) is 0 Å². The fourth-order valence-electron chi connectivity index (χ4n) is 3.72. The van der Waals surface area contributed by atoms with Crippen molar-refractivity contribution in [2.24, 2.45) is 5.41 Å². The van der Waals surface area contributed by atoms with Gasteiger partial charge < -0.3 is 4.90 Å². The van der Waals surface area contributed by atoms with E-state index in [1.165, 1.54) is 50.8 Å². The lowest BCUT2D eigenvalue weighted by Gasteiger charge is -2.45. The molecule has 2 aliphatic rings. The van der Waals surface area contributed by atoms with Crippen molar-refractivity contribution in [3.63, 3.8) is 0 Å². The molecule has 0 atom stereocenters. The molecule has 16 heavy (non-hydrogen) atoms. The predicted octanol–water partition coefficient (Wildman–Crippen LogP) is 3.63. The molecule has 86 valence electrons. The Morgan fingerprint density at radius 3 is 2.62 bits per heavy atom. The molecule has 1 aromatic carbocycles. The standard InChI is InChI=1S/C15H21N/c1-16-12-15(9-5-2-6-10-15)11-13-7-3-4-8-14(13)16/h3-4,7-8H,2,5-6,9-12H2,1H3. The van der Waals surface area contributed by atoms with E-state index < -0.39 is 0 Å². The second-order valence-corrected chi connectivity index (χ2v) is 5.72. The van der Waals surface area contributed by atoms with Crippen LogP contribution in [0.1, 0.15) is 37.7 Å². The SMILES string of the molecule is CN1CC2(CCCCC2)Cc2ccccc21. The largest absolute Gasteiger partial charge is 0.374 e. The minimum absolute atomic E-state index is 0.599. The van der Waals surface area contributed by atoms with Crippen molar-refractivity contribution in [3.05, 3.63) is 29.8 Å². The molecule has 0 amide bonds. The Labute approximate surface area is 98.5 Å². The van der Waals surface area contributed by atoms with Crippen LogP contribution in [0, 0.1) is 5.41 Å². The summed E-state index contributed by atoms with van der Waals surface area (Å²) < 4.78 is 0. The molecule has 0 N–H and O–H groups in total. The summed E-state index contributed by atoms with van der Waals surface area (Å²) in [6.45, 7) is 1.27. The lowest BCUT2D eigenvalue weighted by Crippen LogP contribution is -2.43. The van der Waals surface area contributed by atoms with E-state index in [2.05, 4.69) is 36.2 Å². The lowest BCUT2D eigenvalue weighted by atomic mass is 9.68. The van der Waals surface area contributed by atoms with Crippen LogP contribution in [-0.2, 0) is 6.42 Å². The monoisotopic (exact) mass is 215 g/mol. The summed E-state index contributed by atoms with van der Waals surface area (Å²) in [4.78, 5) is 2.48. The molecule has 0 radical (unpaired) electrons. The molecule has 1 nitrogen and oxygen atoms in total. The summed E-state index contributed by atoms with van der Waals surface area (Å²) in [7, 11) is 2.26. The molecule has 1 aliphatic heterocycles. The van der Waals surface area contributed by atoms with Crippen molar-refractivity contribution in [2.45, 2.75) is 38.5 Å². The lowest BCUT2D eigenvalue weighted by molar-refractivity contribution is 0.188. The summed E-state index contributed by atoms with van der Waals surface area (Å²) in [6, 6.07) is 8.94. The van der Waals surface area contributed by atoms with Crippen molar-refractivity contribution in [1.82, 2.24) is 0 Å². The second-order valence-electron chi connectivity index (χ2n) is 5.72. The zero-order chi connectivity index (χ0) is 11.0. The van der Waals surface area contributed by atoms with Crippen LogP contribution >= 0.6 is 0 Å². The van der Waals surface area contributed by atoms with E-state index in [1.54, 1.807) is 5.56 Å². The van der Waals surface area contributed by atoms with Gasteiger partial charge in [-0.3, -0.25) is 0 Å². The summed E-state index contributed by atoms with van der Waals surface area (Å²) in [5.74, 6) is 0. The van der Waals surface area contributed by atoms with Crippen LogP contribution in [0.15, 0.2) is 24.3 Å². The van der Waals surface area contributed by atoms with E-state index in [0.29, 0.717) is 5.41 Å². The topological polar surface area (TPSA) is 3.24 Å². The maximum absolute atomic E-state index is 2.48. The third-order valence-electron chi connectivity index (χ3n) is 4.46. The quantitative estimate of drug-likeness (QED) is 0.639. The van der Waals surface area contributed by atoms with Crippen LogP contribution in [0.25, 0.3) is 0 Å². The molecular weight excluding hydrogens is 194 g/mol. The van der Waals surface area contributed by atoms with Crippen LogP contribution < -0.4 is 4.90 Å². The van der Waals surface area contributed by atoms with Gasteiger partial charge in [0.25, 0.3) is 0 Å². The van der Waals surface area contributed by atoms with Gasteiger partial charge >= 0.3 is 0 Å². The van der Waals surface area contributed by atoms with Crippen LogP contribution in [0.4, 0.5) is 5.69 Å². The smallest absolute Gasteiger partial charge is 0.0396 e. The Balaban J connectivity index is 1.93. The highest BCUT2D eigenvalue weighted by Gasteiger charge is 2.37. The van der Waals surface area contributed by atoms with E-state index >= 15 is 0 Å². The van der Waals surface area contributed by atoms with Crippen LogP contribution in [-0.4, -0.2) is 13.6 Å². The number of anilines is 1. The van der Waals surface area contributed by atoms with E-state index in [0.717, 1.165) is 0 Å². The average Bonchev–Trinajstić information content (AvgIpc) is 2.30. The Kier molecular flexibility index (Phi) is 2.42. The highest BCUT2D eigenvalue weighted by Crippen LogP contribution is 2.44. The summed E-state index contributed by atoms with van der Waals surface area (Å²) in [5, 5.41) is 0. The third kappa shape index (κ3) is 1.63. The summed E-state index contributed by atoms with van der Waals surface area (Å²) in [6.07, 6.45) is 8.52. The highest BCUT2D eigenvalue weighted by molar-refractivity contribution is 5.55. The molecule has 3 rings (SSSR count). The predicted molar refractivity (Wildman–Crippen MR) is 68.9 cm³/mol. The van der Waals surface area contributed by atoms with Gasteiger partial charge in [-0.25, -0.2) is 0 Å². The molecule has 1 heteroatoms. The molecule has 1 saturated carbocycles. The first-order valence-corrected chi connectivity index (χ1v) is 6.58. The number of hydrogen-bond acceptors (Lipinski definition) is 1. The van der Waals surface area contributed by atoms with E-state index in [-0.39, 0.29) is 0 Å². The summed E-state index contributed by atoms with van der Waals surface area (Å²) in [5.41, 5.74) is 3.62. The normalized spacial score (nSPS) is 23.2. The van der Waals surface area contributed by atoms with Gasteiger partial charge in [0, 0.05) is 19.3 Å². The minimum Gasteiger partial charge on any atom is -0.374 e. The Morgan fingerprint density at radius 2 is 1.81 bits per heavy atom. The van der Waals surface area contributed by atoms with Gasteiger partial charge in [0.05, 0.1) is 0 Å². The van der Waals surface area contributed by atoms with Crippen molar-refractivity contribution in [3.8, 4) is 0 Å². The zero-order valence-electron chi connectivity index (χ0n) is 10.2. The fourth-order valence-corrected chi connectivity index (χ4v) is 3.72.